The standard InChI is InChI=1S/C35H44F3N3O7/c1-25(43)48-41(34(46)40-30-13-9-12-29(22-30)35(36,37)38)31-14-8-11-26(20-31)10-4-7-19-47-18-6-3-2-5-17-39-23-33(45)27-15-16-32(44)28(21-27)24-42/h8-9,11-16,20-22,33,39,42,44-45H,2-7,10,17-19,23-24H2,1H3,(H,40,46)/t33-/m1/s1. The number of urea groups is 1. The highest BCUT2D eigenvalue weighted by molar-refractivity contribution is 6.01. The molecule has 0 aromatic heterocycles. The lowest BCUT2D eigenvalue weighted by molar-refractivity contribution is -0.141. The number of anilines is 2. The van der Waals surface area contributed by atoms with Crippen molar-refractivity contribution in [2.24, 2.45) is 0 Å². The van der Waals surface area contributed by atoms with Crippen molar-refractivity contribution in [1.82, 2.24) is 5.32 Å². The Balaban J connectivity index is 1.30. The van der Waals surface area contributed by atoms with Crippen molar-refractivity contribution in [3.63, 3.8) is 0 Å². The number of aliphatic hydroxyl groups is 2. The molecule has 0 heterocycles. The van der Waals surface area contributed by atoms with Crippen molar-refractivity contribution in [2.45, 2.75) is 70.8 Å². The first-order chi connectivity index (χ1) is 23.0. The van der Waals surface area contributed by atoms with Crippen LogP contribution in [0.1, 0.15) is 73.8 Å². The molecule has 3 aromatic rings. The normalized spacial score (nSPS) is 12.0. The van der Waals surface area contributed by atoms with Crippen molar-refractivity contribution in [3.8, 4) is 5.75 Å². The maximum atomic E-state index is 13.1. The number of benzene rings is 3. The molecule has 48 heavy (non-hydrogen) atoms. The van der Waals surface area contributed by atoms with E-state index in [1.165, 1.54) is 18.2 Å². The lowest BCUT2D eigenvalue weighted by Gasteiger charge is -2.21. The summed E-state index contributed by atoms with van der Waals surface area (Å²) in [6.07, 6.45) is 0.966. The van der Waals surface area contributed by atoms with Crippen molar-refractivity contribution in [3.05, 3.63) is 89.0 Å². The summed E-state index contributed by atoms with van der Waals surface area (Å²) < 4.78 is 45.0. The lowest BCUT2D eigenvalue weighted by atomic mass is 10.1. The summed E-state index contributed by atoms with van der Waals surface area (Å²) in [5.41, 5.74) is 1.14. The lowest BCUT2D eigenvalue weighted by Crippen LogP contribution is -2.36. The average Bonchev–Trinajstić information content (AvgIpc) is 3.05. The van der Waals surface area contributed by atoms with Gasteiger partial charge in [0, 0.05) is 37.9 Å². The molecule has 0 saturated heterocycles. The molecule has 262 valence electrons. The molecule has 0 aliphatic carbocycles. The smallest absolute Gasteiger partial charge is 0.416 e. The number of phenols is 1. The van der Waals surface area contributed by atoms with Crippen LogP contribution in [0.4, 0.5) is 29.3 Å². The quantitative estimate of drug-likeness (QED) is 0.0747. The molecule has 1 atom stereocenters. The highest BCUT2D eigenvalue weighted by Gasteiger charge is 2.31. The van der Waals surface area contributed by atoms with Gasteiger partial charge in [-0.2, -0.15) is 13.2 Å². The first kappa shape index (κ1) is 38.3. The number of hydroxylamine groups is 1. The van der Waals surface area contributed by atoms with Crippen LogP contribution in [0.15, 0.2) is 66.7 Å². The zero-order chi connectivity index (χ0) is 34.9. The van der Waals surface area contributed by atoms with Crippen LogP contribution in [0, 0.1) is 0 Å². The number of nitrogens with zero attached hydrogens (tertiary/aromatic N) is 1. The summed E-state index contributed by atoms with van der Waals surface area (Å²) in [7, 11) is 0. The Hall–Kier alpha value is -4.17. The van der Waals surface area contributed by atoms with E-state index in [4.69, 9.17) is 9.57 Å². The van der Waals surface area contributed by atoms with E-state index in [0.717, 1.165) is 74.8 Å². The summed E-state index contributed by atoms with van der Waals surface area (Å²) in [6, 6.07) is 14.8. The molecule has 3 rings (SSSR count). The van der Waals surface area contributed by atoms with Gasteiger partial charge in [-0.15, -0.1) is 5.06 Å². The predicted molar refractivity (Wildman–Crippen MR) is 175 cm³/mol. The first-order valence-electron chi connectivity index (χ1n) is 15.9. The summed E-state index contributed by atoms with van der Waals surface area (Å²) in [6.45, 7) is 3.24. The van der Waals surface area contributed by atoms with Gasteiger partial charge in [0.05, 0.1) is 24.0 Å². The fourth-order valence-electron chi connectivity index (χ4n) is 4.86. The minimum atomic E-state index is -4.58. The van der Waals surface area contributed by atoms with Crippen molar-refractivity contribution < 1.29 is 47.7 Å². The molecule has 10 nitrogen and oxygen atoms in total. The number of carbonyl (C=O) groups excluding carboxylic acids is 2. The number of unbranched alkanes of at least 4 members (excludes halogenated alkanes) is 4. The van der Waals surface area contributed by atoms with Crippen molar-refractivity contribution >= 4 is 23.4 Å². The molecular formula is C35H44F3N3O7. The zero-order valence-electron chi connectivity index (χ0n) is 27.0. The number of rotatable bonds is 18. The summed E-state index contributed by atoms with van der Waals surface area (Å²) in [5.74, 6) is -0.763. The topological polar surface area (TPSA) is 141 Å². The molecule has 0 spiro atoms. The molecule has 0 bridgehead atoms. The molecular weight excluding hydrogens is 631 g/mol. The van der Waals surface area contributed by atoms with Crippen LogP contribution in [0.2, 0.25) is 0 Å². The Bertz CT molecular complexity index is 1450. The summed E-state index contributed by atoms with van der Waals surface area (Å²) in [4.78, 5) is 29.7. The van der Waals surface area contributed by atoms with Gasteiger partial charge in [-0.1, -0.05) is 37.1 Å². The van der Waals surface area contributed by atoms with Gasteiger partial charge in [0.2, 0.25) is 0 Å². The third-order valence-corrected chi connectivity index (χ3v) is 7.38. The maximum Gasteiger partial charge on any atom is 0.416 e. The molecule has 0 fully saturated rings. The molecule has 0 saturated carbocycles. The number of aromatic hydroxyl groups is 1. The molecule has 2 amide bonds. The van der Waals surface area contributed by atoms with Crippen LogP contribution >= 0.6 is 0 Å². The largest absolute Gasteiger partial charge is 0.508 e. The number of ether oxygens (including phenoxy) is 1. The summed E-state index contributed by atoms with van der Waals surface area (Å²) in [5, 5.41) is 35.5. The van der Waals surface area contributed by atoms with E-state index in [1.54, 1.807) is 30.3 Å². The number of carbonyl (C=O) groups is 2. The van der Waals surface area contributed by atoms with Gasteiger partial charge < -0.3 is 35.5 Å². The predicted octanol–water partition coefficient (Wildman–Crippen LogP) is 6.64. The fraction of sp³-hybridized carbons (Fsp3) is 0.429. The van der Waals surface area contributed by atoms with E-state index < -0.39 is 29.8 Å². The third kappa shape index (κ3) is 13.1. The Morgan fingerprint density at radius 1 is 0.917 bits per heavy atom. The second kappa shape index (κ2) is 19.6. The van der Waals surface area contributed by atoms with Crippen LogP contribution in [0.5, 0.6) is 5.75 Å². The number of hydrogen-bond acceptors (Lipinski definition) is 8. The minimum Gasteiger partial charge on any atom is -0.508 e. The highest BCUT2D eigenvalue weighted by atomic mass is 19.4. The number of aryl methyl sites for hydroxylation is 1. The Labute approximate surface area is 278 Å². The number of aliphatic hydroxyl groups excluding tert-OH is 2. The van der Waals surface area contributed by atoms with Gasteiger partial charge in [-0.05, 0) is 92.2 Å². The van der Waals surface area contributed by atoms with Crippen LogP contribution < -0.4 is 15.7 Å². The van der Waals surface area contributed by atoms with Crippen LogP contribution in [-0.2, 0) is 33.6 Å². The van der Waals surface area contributed by atoms with Gasteiger partial charge >= 0.3 is 18.2 Å². The van der Waals surface area contributed by atoms with Gasteiger partial charge in [0.15, 0.2) is 0 Å². The van der Waals surface area contributed by atoms with E-state index in [0.29, 0.717) is 37.3 Å². The monoisotopic (exact) mass is 675 g/mol. The van der Waals surface area contributed by atoms with Crippen molar-refractivity contribution in [2.75, 3.05) is 36.7 Å². The third-order valence-electron chi connectivity index (χ3n) is 7.38. The fourth-order valence-corrected chi connectivity index (χ4v) is 4.86. The second-order valence-electron chi connectivity index (χ2n) is 11.3. The van der Waals surface area contributed by atoms with E-state index in [9.17, 15) is 38.1 Å². The van der Waals surface area contributed by atoms with Crippen LogP contribution in [0.3, 0.4) is 0 Å². The van der Waals surface area contributed by atoms with E-state index in [-0.39, 0.29) is 23.7 Å². The van der Waals surface area contributed by atoms with E-state index in [2.05, 4.69) is 10.6 Å². The molecule has 3 aromatic carbocycles. The van der Waals surface area contributed by atoms with Gasteiger partial charge in [-0.3, -0.25) is 0 Å². The Morgan fingerprint density at radius 3 is 2.38 bits per heavy atom. The Morgan fingerprint density at radius 2 is 1.65 bits per heavy atom. The molecule has 13 heteroatoms. The number of amides is 2. The maximum absolute atomic E-state index is 13.1. The van der Waals surface area contributed by atoms with Crippen LogP contribution in [0.25, 0.3) is 0 Å². The number of hydrogen-bond donors (Lipinski definition) is 5. The second-order valence-corrected chi connectivity index (χ2v) is 11.3. The molecule has 5 N–H and O–H groups in total. The van der Waals surface area contributed by atoms with E-state index in [1.807, 2.05) is 6.07 Å². The SMILES string of the molecule is CC(=O)ON(C(=O)Nc1cccc(C(F)(F)F)c1)c1cccc(CCCCOCCCCCCNC[C@@H](O)c2ccc(O)c(CO)c2)c1. The van der Waals surface area contributed by atoms with Gasteiger partial charge in [-0.25, -0.2) is 9.59 Å². The van der Waals surface area contributed by atoms with E-state index >= 15 is 0 Å². The van der Waals surface area contributed by atoms with Crippen LogP contribution in [-0.4, -0.2) is 53.6 Å². The van der Waals surface area contributed by atoms with Crippen molar-refractivity contribution in [1.29, 1.82) is 0 Å². The first-order valence-corrected chi connectivity index (χ1v) is 15.9. The highest BCUT2D eigenvalue weighted by Crippen LogP contribution is 2.31. The van der Waals surface area contributed by atoms with Gasteiger partial charge in [0.1, 0.15) is 5.75 Å². The molecule has 0 aliphatic heterocycles. The zero-order valence-corrected chi connectivity index (χ0v) is 27.0. The Kier molecular flexibility index (Phi) is 15.6. The average molecular weight is 676 g/mol. The molecule has 0 radical (unpaired) electrons. The van der Waals surface area contributed by atoms with Gasteiger partial charge in [0.25, 0.3) is 0 Å². The number of nitrogens with one attached hydrogen (secondary N) is 2. The number of halogens is 3. The molecule has 0 unspecified atom stereocenters. The minimum absolute atomic E-state index is 0.00621. The molecule has 0 aliphatic rings. The summed E-state index contributed by atoms with van der Waals surface area (Å²) >= 11 is 0. The number of alkyl halides is 3.